The molecule has 56 heavy (non-hydrogen) atoms. The van der Waals surface area contributed by atoms with Gasteiger partial charge in [0.15, 0.2) is 24.3 Å². The third-order valence-electron chi connectivity index (χ3n) is 15.1. The number of nitrogens with one attached hydrogen (secondary N) is 1. The van der Waals surface area contributed by atoms with Gasteiger partial charge in [0.25, 0.3) is 0 Å². The summed E-state index contributed by atoms with van der Waals surface area (Å²) < 4.78 is 67.3. The van der Waals surface area contributed by atoms with E-state index in [1.54, 1.807) is 0 Å². The zero-order chi connectivity index (χ0) is 40.4. The molecule has 7 rings (SSSR count). The highest BCUT2D eigenvalue weighted by atomic mass is 31.2. The van der Waals surface area contributed by atoms with Crippen molar-refractivity contribution in [2.24, 2.45) is 46.3 Å². The van der Waals surface area contributed by atoms with Crippen LogP contribution in [0, 0.1) is 46.3 Å². The summed E-state index contributed by atoms with van der Waals surface area (Å²) in [4.78, 5) is 36.7. The zero-order valence-electron chi connectivity index (χ0n) is 34.6. The van der Waals surface area contributed by atoms with E-state index in [4.69, 9.17) is 42.2 Å². The molecule has 7 aliphatic rings. The maximum atomic E-state index is 13.5. The van der Waals surface area contributed by atoms with Crippen LogP contribution in [0.4, 0.5) is 0 Å². The molecule has 3 saturated carbocycles. The van der Waals surface area contributed by atoms with Gasteiger partial charge in [-0.1, -0.05) is 39.3 Å². The van der Waals surface area contributed by atoms with Crippen molar-refractivity contribution >= 4 is 25.7 Å². The Morgan fingerprint density at radius 3 is 2.29 bits per heavy atom. The maximum absolute atomic E-state index is 13.5. The molecule has 0 unspecified atom stereocenters. The van der Waals surface area contributed by atoms with Crippen molar-refractivity contribution in [3.05, 3.63) is 11.6 Å². The molecule has 6 fully saturated rings. The fourth-order valence-corrected chi connectivity index (χ4v) is 13.5. The number of fused-ring (bicyclic) bond motifs is 7. The van der Waals surface area contributed by atoms with Gasteiger partial charge in [-0.05, 0) is 91.8 Å². The summed E-state index contributed by atoms with van der Waals surface area (Å²) in [6, 6.07) is -1.16. The minimum atomic E-state index is -3.98. The van der Waals surface area contributed by atoms with Gasteiger partial charge in [-0.2, -0.15) is 0 Å². The molecule has 0 aromatic heterocycles. The largest absolute Gasteiger partial charge is 0.463 e. The Kier molecular flexibility index (Phi) is 12.0. The van der Waals surface area contributed by atoms with E-state index in [2.05, 4.69) is 38.9 Å². The number of hydrogen-bond donors (Lipinski definition) is 1. The molecular formula is C41H64NO13P. The lowest BCUT2D eigenvalue weighted by atomic mass is 9.47. The SMILES string of the molecule is COP(=O)(N[C@H]1[C@H](O[C@H]2CC[C@@]3(C)C(=CC[C@H]4[C@@H]5C[C@@H]6O[C@]7(CC[C@@H](C)CO7)[C@@H](C)[C@@H]6[C@@]5(C)CC[C@@H]43)C2)O[C@H](COC(C)=O)[C@@H](OC(C)=O)[C@@H]1OC(C)=O)OC. The lowest BCUT2D eigenvalue weighted by Crippen LogP contribution is -2.66. The minimum absolute atomic E-state index is 0.0174. The van der Waals surface area contributed by atoms with Gasteiger partial charge in [-0.15, -0.1) is 0 Å². The van der Waals surface area contributed by atoms with E-state index >= 15 is 0 Å². The second-order valence-corrected chi connectivity index (χ2v) is 20.3. The number of ether oxygens (including phenoxy) is 7. The molecule has 1 N–H and O–H groups in total. The van der Waals surface area contributed by atoms with Crippen molar-refractivity contribution in [1.29, 1.82) is 0 Å². The lowest BCUT2D eigenvalue weighted by Gasteiger charge is -2.58. The van der Waals surface area contributed by atoms with Gasteiger partial charge in [0.05, 0.1) is 18.8 Å². The van der Waals surface area contributed by atoms with Crippen LogP contribution < -0.4 is 5.09 Å². The van der Waals surface area contributed by atoms with Crippen molar-refractivity contribution in [2.45, 2.75) is 155 Å². The van der Waals surface area contributed by atoms with Gasteiger partial charge in [-0.3, -0.25) is 14.4 Å². The van der Waals surface area contributed by atoms with E-state index in [9.17, 15) is 18.9 Å². The van der Waals surface area contributed by atoms with Crippen molar-refractivity contribution < 1.29 is 61.2 Å². The van der Waals surface area contributed by atoms with Gasteiger partial charge < -0.3 is 42.2 Å². The predicted molar refractivity (Wildman–Crippen MR) is 202 cm³/mol. The predicted octanol–water partition coefficient (Wildman–Crippen LogP) is 6.25. The minimum Gasteiger partial charge on any atom is -0.463 e. The van der Waals surface area contributed by atoms with E-state index in [0.717, 1.165) is 45.1 Å². The van der Waals surface area contributed by atoms with Crippen LogP contribution in [0.25, 0.3) is 0 Å². The number of allylic oxidation sites excluding steroid dienone is 1. The average molecular weight is 810 g/mol. The molecule has 1 spiro atoms. The van der Waals surface area contributed by atoms with Crippen LogP contribution in [0.3, 0.4) is 0 Å². The first-order chi connectivity index (χ1) is 26.5. The standard InChI is InChI=1S/C41H64NO13P/c1-22-12-17-41(50-20-22)23(2)34-32(55-41)19-31-29-11-10-27-18-28(13-15-39(27,6)30(29)14-16-40(31,34)7)53-38-35(42-56(46,47-8)48-9)37(52-26(5)45)36(51-25(4)44)33(54-38)21-49-24(3)43/h10,22-23,28-38H,11-21H2,1-9H3,(H,42,46)/t22-,23+,28+,29-,30+,31+,32+,33-,34+,35-,36-,37-,38-,39+,40+,41-/m1/s1. The first kappa shape index (κ1) is 42.2. The molecule has 0 aromatic carbocycles. The first-order valence-electron chi connectivity index (χ1n) is 20.7. The molecule has 3 aliphatic heterocycles. The van der Waals surface area contributed by atoms with Crippen LogP contribution in [-0.4, -0.2) is 94.0 Å². The molecule has 16 atom stereocenters. The van der Waals surface area contributed by atoms with Gasteiger partial charge in [0.1, 0.15) is 18.8 Å². The summed E-state index contributed by atoms with van der Waals surface area (Å²) in [6.07, 6.45) is 6.62. The number of carbonyl (C=O) groups is 3. The van der Waals surface area contributed by atoms with E-state index in [-0.39, 0.29) is 29.6 Å². The van der Waals surface area contributed by atoms with Gasteiger partial charge >= 0.3 is 25.7 Å². The smallest absolute Gasteiger partial charge is 0.405 e. The molecule has 15 heteroatoms. The van der Waals surface area contributed by atoms with Gasteiger partial charge in [0.2, 0.25) is 0 Å². The lowest BCUT2D eigenvalue weighted by molar-refractivity contribution is -0.288. The molecule has 0 aromatic rings. The molecule has 0 radical (unpaired) electrons. The fraction of sp³-hybridized carbons (Fsp3) is 0.878. The van der Waals surface area contributed by atoms with E-state index in [1.807, 2.05) is 0 Å². The fourth-order valence-electron chi connectivity index (χ4n) is 12.5. The third-order valence-corrected chi connectivity index (χ3v) is 16.7. The summed E-state index contributed by atoms with van der Waals surface area (Å²) in [5.41, 5.74) is 1.62. The summed E-state index contributed by atoms with van der Waals surface area (Å²) >= 11 is 0. The molecule has 3 heterocycles. The Balaban J connectivity index is 1.11. The highest BCUT2D eigenvalue weighted by molar-refractivity contribution is 7.51. The van der Waals surface area contributed by atoms with E-state index in [1.165, 1.54) is 53.4 Å². The highest BCUT2D eigenvalue weighted by Gasteiger charge is 2.69. The molecule has 0 bridgehead atoms. The Morgan fingerprint density at radius 2 is 1.64 bits per heavy atom. The van der Waals surface area contributed by atoms with E-state index < -0.39 is 62.1 Å². The monoisotopic (exact) mass is 809 g/mol. The van der Waals surface area contributed by atoms with Crippen LogP contribution in [0.15, 0.2) is 11.6 Å². The Bertz CT molecular complexity index is 1570. The molecule has 316 valence electrons. The van der Waals surface area contributed by atoms with Crippen LogP contribution in [-0.2, 0) is 61.2 Å². The van der Waals surface area contributed by atoms with Crippen molar-refractivity contribution in [3.8, 4) is 0 Å². The average Bonchev–Trinajstić information content (AvgIpc) is 3.59. The van der Waals surface area contributed by atoms with Crippen LogP contribution in [0.5, 0.6) is 0 Å². The van der Waals surface area contributed by atoms with Crippen LogP contribution in [0.2, 0.25) is 0 Å². The third kappa shape index (κ3) is 7.57. The number of hydrogen-bond acceptors (Lipinski definition) is 13. The maximum Gasteiger partial charge on any atom is 0.405 e. The molecule has 4 aliphatic carbocycles. The second-order valence-electron chi connectivity index (χ2n) is 18.3. The van der Waals surface area contributed by atoms with Crippen LogP contribution in [0.1, 0.15) is 106 Å². The van der Waals surface area contributed by atoms with Gasteiger partial charge in [-0.25, -0.2) is 9.65 Å². The Hall–Kier alpha value is -1.90. The van der Waals surface area contributed by atoms with Crippen LogP contribution >= 0.6 is 7.75 Å². The summed E-state index contributed by atoms with van der Waals surface area (Å²) in [7, 11) is -1.54. The van der Waals surface area contributed by atoms with Gasteiger partial charge in [0, 0.05) is 47.3 Å². The first-order valence-corrected chi connectivity index (χ1v) is 22.3. The van der Waals surface area contributed by atoms with Crippen molar-refractivity contribution in [3.63, 3.8) is 0 Å². The molecule has 3 saturated heterocycles. The summed E-state index contributed by atoms with van der Waals surface area (Å²) in [5.74, 6) is 0.851. The topological polar surface area (TPSA) is 163 Å². The Labute approximate surface area is 331 Å². The summed E-state index contributed by atoms with van der Waals surface area (Å²) in [6.45, 7) is 13.8. The normalized spacial score (nSPS) is 45.8. The van der Waals surface area contributed by atoms with Crippen molar-refractivity contribution in [2.75, 3.05) is 27.4 Å². The number of esters is 3. The number of rotatable bonds is 10. The zero-order valence-corrected chi connectivity index (χ0v) is 35.5. The quantitative estimate of drug-likeness (QED) is 0.114. The van der Waals surface area contributed by atoms with E-state index in [0.29, 0.717) is 41.9 Å². The molecule has 0 amide bonds. The molecule has 14 nitrogen and oxygen atoms in total. The summed E-state index contributed by atoms with van der Waals surface area (Å²) in [5, 5.41) is 2.83. The second kappa shape index (κ2) is 15.9. The number of carbonyl (C=O) groups excluding carboxylic acids is 3. The Morgan fingerprint density at radius 1 is 0.929 bits per heavy atom. The highest BCUT2D eigenvalue weighted by Crippen LogP contribution is 2.70. The molecular weight excluding hydrogens is 745 g/mol. The van der Waals surface area contributed by atoms with Crippen molar-refractivity contribution in [1.82, 2.24) is 5.09 Å².